The van der Waals surface area contributed by atoms with E-state index in [0.717, 1.165) is 64.2 Å². The number of piperidine rings is 1. The topological polar surface area (TPSA) is 84.4 Å². The Hall–Kier alpha value is -4.39. The largest absolute Gasteiger partial charge is 0.481 e. The number of nitrogens with zero attached hydrogens (tertiary/aromatic N) is 3. The minimum atomic E-state index is -0.0339. The van der Waals surface area contributed by atoms with Crippen LogP contribution in [-0.4, -0.2) is 45.8 Å². The van der Waals surface area contributed by atoms with Crippen molar-refractivity contribution in [3.63, 3.8) is 0 Å². The number of nitrogens with one attached hydrogen (secondary N) is 1. The predicted octanol–water partition coefficient (Wildman–Crippen LogP) is 7.10. The van der Waals surface area contributed by atoms with Crippen molar-refractivity contribution in [3.8, 4) is 28.5 Å². The average molecular weight is 545 g/mol. The third kappa shape index (κ3) is 3.90. The number of pyridine rings is 1. The van der Waals surface area contributed by atoms with Gasteiger partial charge in [-0.25, -0.2) is 4.98 Å². The van der Waals surface area contributed by atoms with Crippen molar-refractivity contribution in [2.45, 2.75) is 45.2 Å². The summed E-state index contributed by atoms with van der Waals surface area (Å²) in [4.78, 5) is 19.6. The van der Waals surface area contributed by atoms with Crippen LogP contribution in [0.3, 0.4) is 0 Å². The van der Waals surface area contributed by atoms with Gasteiger partial charge in [0.05, 0.1) is 18.8 Å². The summed E-state index contributed by atoms with van der Waals surface area (Å²) in [5.74, 6) is 2.37. The fraction of sp³-hybridized carbons (Fsp3) is 0.324. The summed E-state index contributed by atoms with van der Waals surface area (Å²) < 4.78 is 14.4. The number of aryl methyl sites for hydroxylation is 1. The molecule has 2 unspecified atom stereocenters. The van der Waals surface area contributed by atoms with Gasteiger partial charge in [-0.3, -0.25) is 4.79 Å². The minimum Gasteiger partial charge on any atom is -0.481 e. The van der Waals surface area contributed by atoms with Crippen LogP contribution in [0.4, 0.5) is 0 Å². The summed E-state index contributed by atoms with van der Waals surface area (Å²) in [6.07, 6.45) is 6.22. The first-order chi connectivity index (χ1) is 20.0. The molecule has 3 fully saturated rings. The van der Waals surface area contributed by atoms with E-state index in [1.54, 1.807) is 13.3 Å². The second kappa shape index (κ2) is 9.06. The van der Waals surface area contributed by atoms with Crippen LogP contribution in [-0.2, 0) is 6.54 Å². The smallest absolute Gasteiger partial charge is 0.254 e. The Kier molecular flexibility index (Phi) is 5.39. The third-order valence-electron chi connectivity index (χ3n) is 9.38. The van der Waals surface area contributed by atoms with Gasteiger partial charge in [-0.1, -0.05) is 18.2 Å². The Bertz CT molecular complexity index is 1880. The maximum absolute atomic E-state index is 13.4. The lowest BCUT2D eigenvalue weighted by molar-refractivity contribution is 0.0712. The first-order valence-electron chi connectivity index (χ1n) is 14.5. The summed E-state index contributed by atoms with van der Waals surface area (Å²) >= 11 is 0. The molecule has 5 aromatic rings. The van der Waals surface area contributed by atoms with E-state index in [1.807, 2.05) is 35.2 Å². The zero-order valence-electron chi connectivity index (χ0n) is 23.3. The number of methoxy groups -OCH3 is 1. The van der Waals surface area contributed by atoms with Gasteiger partial charge in [-0.15, -0.1) is 0 Å². The van der Waals surface area contributed by atoms with Crippen molar-refractivity contribution >= 4 is 33.5 Å². The van der Waals surface area contributed by atoms with Gasteiger partial charge in [-0.05, 0) is 80.0 Å². The zero-order valence-corrected chi connectivity index (χ0v) is 23.3. The van der Waals surface area contributed by atoms with Gasteiger partial charge in [0.25, 0.3) is 5.91 Å². The highest BCUT2D eigenvalue weighted by Gasteiger charge is 2.45. The van der Waals surface area contributed by atoms with E-state index in [4.69, 9.17) is 14.6 Å². The highest BCUT2D eigenvalue weighted by molar-refractivity contribution is 6.04. The molecule has 1 N–H and O–H groups in total. The number of rotatable bonds is 6. The SMILES string of the molecule is COc1cc(-c2ccc3cc(-c4oc5cc(C(=O)N6CC7CCC6C7=N)ccc5c4C)n(CC4CC4)c3c2)ccn1. The molecule has 41 heavy (non-hydrogen) atoms. The number of carbonyl (C=O) groups is 1. The summed E-state index contributed by atoms with van der Waals surface area (Å²) in [6, 6.07) is 18.6. The first-order valence-corrected chi connectivity index (χ1v) is 14.5. The molecule has 2 aromatic carbocycles. The van der Waals surface area contributed by atoms with Crippen LogP contribution in [0.25, 0.3) is 44.5 Å². The molecule has 3 aliphatic rings. The number of fused-ring (bicyclic) bond motifs is 4. The molecule has 0 spiro atoms. The van der Waals surface area contributed by atoms with Gasteiger partial charge in [-0.2, -0.15) is 0 Å². The number of carbonyl (C=O) groups excluding carboxylic acids is 1. The number of ether oxygens (including phenoxy) is 1. The number of amides is 1. The van der Waals surface area contributed by atoms with Crippen molar-refractivity contribution in [1.82, 2.24) is 14.5 Å². The highest BCUT2D eigenvalue weighted by Crippen LogP contribution is 2.41. The quantitative estimate of drug-likeness (QED) is 0.247. The Morgan fingerprint density at radius 1 is 1.05 bits per heavy atom. The van der Waals surface area contributed by atoms with E-state index < -0.39 is 0 Å². The second-order valence-corrected chi connectivity index (χ2v) is 11.9. The molecular formula is C34H32N4O3. The van der Waals surface area contributed by atoms with Gasteiger partial charge in [0, 0.05) is 64.4 Å². The predicted molar refractivity (Wildman–Crippen MR) is 160 cm³/mol. The van der Waals surface area contributed by atoms with E-state index in [0.29, 0.717) is 23.9 Å². The van der Waals surface area contributed by atoms with E-state index >= 15 is 0 Å². The molecule has 4 heterocycles. The molecule has 7 nitrogen and oxygen atoms in total. The Morgan fingerprint density at radius 2 is 1.90 bits per heavy atom. The van der Waals surface area contributed by atoms with Gasteiger partial charge >= 0.3 is 0 Å². The van der Waals surface area contributed by atoms with Crippen LogP contribution >= 0.6 is 0 Å². The van der Waals surface area contributed by atoms with E-state index in [1.165, 1.54) is 23.7 Å². The molecule has 1 saturated heterocycles. The van der Waals surface area contributed by atoms with Crippen LogP contribution in [0.15, 0.2) is 65.2 Å². The van der Waals surface area contributed by atoms with Crippen molar-refractivity contribution in [3.05, 3.63) is 71.9 Å². The van der Waals surface area contributed by atoms with Crippen molar-refractivity contribution < 1.29 is 13.9 Å². The molecule has 206 valence electrons. The highest BCUT2D eigenvalue weighted by atomic mass is 16.5. The van der Waals surface area contributed by atoms with Gasteiger partial charge in [0.1, 0.15) is 5.58 Å². The fourth-order valence-corrected chi connectivity index (χ4v) is 6.89. The molecule has 3 aromatic heterocycles. The zero-order chi connectivity index (χ0) is 27.8. The molecule has 1 amide bonds. The Balaban J connectivity index is 1.20. The summed E-state index contributed by atoms with van der Waals surface area (Å²) in [5.41, 5.74) is 7.62. The average Bonchev–Trinajstić information content (AvgIpc) is 3.41. The standard InChI is InChI=1S/C34H32N4O3/c1-19-26-9-7-24(34(39)38-18-25-8-10-27(38)32(25)35)15-30(26)41-33(19)29-14-23-6-5-21(22-11-12-36-31(16-22)40-2)13-28(23)37(29)17-20-3-4-20/h5-7,9,11-16,20,25,27,35H,3-4,8,10,17-18H2,1-2H3. The van der Waals surface area contributed by atoms with Crippen LogP contribution in [0.1, 0.15) is 41.6 Å². The van der Waals surface area contributed by atoms with Crippen molar-refractivity contribution in [1.29, 1.82) is 5.41 Å². The van der Waals surface area contributed by atoms with Gasteiger partial charge in [0.15, 0.2) is 5.76 Å². The molecule has 8 rings (SSSR count). The molecule has 1 aliphatic heterocycles. The molecule has 2 aliphatic carbocycles. The molecule has 7 heteroatoms. The van der Waals surface area contributed by atoms with Crippen LogP contribution in [0.5, 0.6) is 5.88 Å². The number of aromatic nitrogens is 2. The van der Waals surface area contributed by atoms with Crippen molar-refractivity contribution in [2.75, 3.05) is 13.7 Å². The Labute approximate surface area is 238 Å². The second-order valence-electron chi connectivity index (χ2n) is 11.9. The summed E-state index contributed by atoms with van der Waals surface area (Å²) in [7, 11) is 1.64. The van der Waals surface area contributed by atoms with Crippen LogP contribution in [0, 0.1) is 24.2 Å². The van der Waals surface area contributed by atoms with E-state index in [9.17, 15) is 4.79 Å². The number of likely N-dealkylation sites (tertiary alicyclic amines) is 1. The number of hydrogen-bond donors (Lipinski definition) is 1. The first kappa shape index (κ1) is 24.4. The van der Waals surface area contributed by atoms with Gasteiger partial charge < -0.3 is 24.0 Å². The summed E-state index contributed by atoms with van der Waals surface area (Å²) in [6.45, 7) is 3.72. The van der Waals surface area contributed by atoms with E-state index in [2.05, 4.69) is 40.7 Å². The van der Waals surface area contributed by atoms with Crippen LogP contribution in [0.2, 0.25) is 0 Å². The summed E-state index contributed by atoms with van der Waals surface area (Å²) in [5, 5.41) is 10.5. The van der Waals surface area contributed by atoms with Crippen LogP contribution < -0.4 is 4.74 Å². The molecule has 2 saturated carbocycles. The minimum absolute atomic E-state index is 0.00238. The lowest BCUT2D eigenvalue weighted by Gasteiger charge is -2.26. The Morgan fingerprint density at radius 3 is 2.66 bits per heavy atom. The maximum Gasteiger partial charge on any atom is 0.254 e. The fourth-order valence-electron chi connectivity index (χ4n) is 6.89. The number of benzene rings is 2. The monoisotopic (exact) mass is 544 g/mol. The molecular weight excluding hydrogens is 512 g/mol. The lowest BCUT2D eigenvalue weighted by atomic mass is 10.1. The van der Waals surface area contributed by atoms with E-state index in [-0.39, 0.29) is 17.9 Å². The molecule has 2 bridgehead atoms. The normalized spacial score (nSPS) is 20.0. The van der Waals surface area contributed by atoms with Gasteiger partial charge in [0.2, 0.25) is 5.88 Å². The third-order valence-corrected chi connectivity index (χ3v) is 9.38. The molecule has 0 radical (unpaired) electrons. The van der Waals surface area contributed by atoms with Crippen molar-refractivity contribution in [2.24, 2.45) is 11.8 Å². The number of hydrogen-bond acceptors (Lipinski definition) is 5. The molecule has 2 atom stereocenters. The lowest BCUT2D eigenvalue weighted by Crippen LogP contribution is -2.38. The number of furan rings is 1. The maximum atomic E-state index is 13.4.